The van der Waals surface area contributed by atoms with Crippen molar-refractivity contribution >= 4 is 5.78 Å². The van der Waals surface area contributed by atoms with Gasteiger partial charge in [0.05, 0.1) is 6.10 Å². The van der Waals surface area contributed by atoms with Crippen molar-refractivity contribution in [1.29, 1.82) is 0 Å². The van der Waals surface area contributed by atoms with Gasteiger partial charge in [-0.2, -0.15) is 0 Å². The number of carbonyl (C=O) groups excluding carboxylic acids is 1. The molecule has 0 aliphatic heterocycles. The van der Waals surface area contributed by atoms with E-state index in [-0.39, 0.29) is 11.9 Å². The van der Waals surface area contributed by atoms with E-state index in [2.05, 4.69) is 12.1 Å². The molecular formula is C16H22O2. The van der Waals surface area contributed by atoms with Gasteiger partial charge in [-0.3, -0.25) is 4.79 Å². The molecular weight excluding hydrogens is 224 g/mol. The predicted octanol–water partition coefficient (Wildman–Crippen LogP) is 3.95. The highest BCUT2D eigenvalue weighted by Gasteiger charge is 2.19. The summed E-state index contributed by atoms with van der Waals surface area (Å²) in [4.78, 5) is 12.0. The molecule has 0 saturated heterocycles. The second-order valence-corrected chi connectivity index (χ2v) is 5.26. The molecule has 1 aromatic carbocycles. The number of methoxy groups -OCH3 is 1. The first-order chi connectivity index (χ1) is 8.70. The van der Waals surface area contributed by atoms with Crippen molar-refractivity contribution in [3.05, 3.63) is 35.4 Å². The number of carbonyl (C=O) groups is 1. The fraction of sp³-hybridized carbons (Fsp3) is 0.562. The molecule has 2 rings (SSSR count). The predicted molar refractivity (Wildman–Crippen MR) is 73.1 cm³/mol. The molecule has 0 N–H and O–H groups in total. The van der Waals surface area contributed by atoms with Crippen molar-refractivity contribution in [2.24, 2.45) is 0 Å². The maximum absolute atomic E-state index is 12.0. The van der Waals surface area contributed by atoms with Gasteiger partial charge in [0.15, 0.2) is 5.78 Å². The van der Waals surface area contributed by atoms with Crippen LogP contribution in [-0.4, -0.2) is 19.0 Å². The average Bonchev–Trinajstić information content (AvgIpc) is 2.34. The lowest BCUT2D eigenvalue weighted by molar-refractivity contribution is 0.0878. The summed E-state index contributed by atoms with van der Waals surface area (Å²) in [6.07, 6.45) is 5.47. The molecule has 2 nitrogen and oxygen atoms in total. The highest BCUT2D eigenvalue weighted by molar-refractivity contribution is 5.96. The van der Waals surface area contributed by atoms with Gasteiger partial charge in [0, 0.05) is 19.1 Å². The number of hydrogen-bond donors (Lipinski definition) is 0. The average molecular weight is 246 g/mol. The third kappa shape index (κ3) is 3.20. The van der Waals surface area contributed by atoms with Gasteiger partial charge in [-0.25, -0.2) is 0 Å². The Morgan fingerprint density at radius 3 is 2.50 bits per heavy atom. The van der Waals surface area contributed by atoms with Crippen molar-refractivity contribution in [2.45, 2.75) is 51.0 Å². The van der Waals surface area contributed by atoms with E-state index in [0.717, 1.165) is 17.9 Å². The molecule has 2 heteroatoms. The van der Waals surface area contributed by atoms with Crippen molar-refractivity contribution < 1.29 is 9.53 Å². The third-order valence-corrected chi connectivity index (χ3v) is 3.99. The lowest BCUT2D eigenvalue weighted by Crippen LogP contribution is -2.10. The van der Waals surface area contributed by atoms with Gasteiger partial charge in [0.25, 0.3) is 0 Å². The van der Waals surface area contributed by atoms with E-state index in [1.54, 1.807) is 7.11 Å². The topological polar surface area (TPSA) is 26.3 Å². The SMILES string of the molecule is COC(C)CCC(=O)c1ccc(C2CCC2)cc1. The fourth-order valence-electron chi connectivity index (χ4n) is 2.28. The minimum absolute atomic E-state index is 0.156. The number of ether oxygens (including phenoxy) is 1. The quantitative estimate of drug-likeness (QED) is 0.710. The summed E-state index contributed by atoms with van der Waals surface area (Å²) in [5, 5.41) is 0. The largest absolute Gasteiger partial charge is 0.382 e. The number of ketones is 1. The Hall–Kier alpha value is -1.15. The van der Waals surface area contributed by atoms with Gasteiger partial charge in [-0.15, -0.1) is 0 Å². The number of hydrogen-bond acceptors (Lipinski definition) is 2. The molecule has 1 unspecified atom stereocenters. The Labute approximate surface area is 109 Å². The standard InChI is InChI=1S/C16H22O2/c1-12(18-2)6-11-16(17)15-9-7-14(8-10-15)13-4-3-5-13/h7-10,12-13H,3-6,11H2,1-2H3. The summed E-state index contributed by atoms with van der Waals surface area (Å²) in [5.74, 6) is 0.960. The van der Waals surface area contributed by atoms with Crippen molar-refractivity contribution in [2.75, 3.05) is 7.11 Å². The second-order valence-electron chi connectivity index (χ2n) is 5.26. The van der Waals surface area contributed by atoms with Crippen molar-refractivity contribution in [1.82, 2.24) is 0 Å². The lowest BCUT2D eigenvalue weighted by atomic mass is 9.80. The molecule has 0 aromatic heterocycles. The van der Waals surface area contributed by atoms with Crippen LogP contribution >= 0.6 is 0 Å². The van der Waals surface area contributed by atoms with E-state index in [9.17, 15) is 4.79 Å². The van der Waals surface area contributed by atoms with Crippen LogP contribution in [0.4, 0.5) is 0 Å². The van der Waals surface area contributed by atoms with Gasteiger partial charge >= 0.3 is 0 Å². The van der Waals surface area contributed by atoms with Crippen LogP contribution in [-0.2, 0) is 4.74 Å². The molecule has 1 aromatic rings. The van der Waals surface area contributed by atoms with E-state index in [0.29, 0.717) is 6.42 Å². The van der Waals surface area contributed by atoms with Crippen LogP contribution in [0.1, 0.15) is 60.9 Å². The molecule has 0 amide bonds. The lowest BCUT2D eigenvalue weighted by Gasteiger charge is -2.25. The molecule has 1 aliphatic carbocycles. The number of rotatable bonds is 6. The molecule has 0 spiro atoms. The molecule has 0 bridgehead atoms. The summed E-state index contributed by atoms with van der Waals surface area (Å²) >= 11 is 0. The Morgan fingerprint density at radius 2 is 2.00 bits per heavy atom. The zero-order chi connectivity index (χ0) is 13.0. The summed E-state index contributed by atoms with van der Waals surface area (Å²) < 4.78 is 5.16. The Morgan fingerprint density at radius 1 is 1.33 bits per heavy atom. The van der Waals surface area contributed by atoms with E-state index in [1.807, 2.05) is 19.1 Å². The van der Waals surface area contributed by atoms with E-state index in [4.69, 9.17) is 4.74 Å². The maximum Gasteiger partial charge on any atom is 0.162 e. The molecule has 1 aliphatic rings. The molecule has 18 heavy (non-hydrogen) atoms. The minimum atomic E-state index is 0.156. The minimum Gasteiger partial charge on any atom is -0.382 e. The number of Topliss-reactive ketones (excluding diaryl/α,β-unsaturated/α-hetero) is 1. The monoisotopic (exact) mass is 246 g/mol. The Kier molecular flexibility index (Phi) is 4.54. The second kappa shape index (κ2) is 6.14. The van der Waals surface area contributed by atoms with Crippen molar-refractivity contribution in [3.63, 3.8) is 0 Å². The van der Waals surface area contributed by atoms with Gasteiger partial charge in [-0.05, 0) is 37.7 Å². The highest BCUT2D eigenvalue weighted by atomic mass is 16.5. The van der Waals surface area contributed by atoms with Crippen LogP contribution in [0.2, 0.25) is 0 Å². The zero-order valence-electron chi connectivity index (χ0n) is 11.3. The molecule has 0 radical (unpaired) electrons. The smallest absolute Gasteiger partial charge is 0.162 e. The van der Waals surface area contributed by atoms with E-state index < -0.39 is 0 Å². The third-order valence-electron chi connectivity index (χ3n) is 3.99. The van der Waals surface area contributed by atoms with Crippen LogP contribution in [0.15, 0.2) is 24.3 Å². The first-order valence-corrected chi connectivity index (χ1v) is 6.86. The van der Waals surface area contributed by atoms with Crippen molar-refractivity contribution in [3.8, 4) is 0 Å². The van der Waals surface area contributed by atoms with Crippen LogP contribution in [0, 0.1) is 0 Å². The summed E-state index contributed by atoms with van der Waals surface area (Å²) in [6, 6.07) is 8.20. The Bertz CT molecular complexity index is 390. The van der Waals surface area contributed by atoms with Gasteiger partial charge < -0.3 is 4.74 Å². The summed E-state index contributed by atoms with van der Waals surface area (Å²) in [5.41, 5.74) is 2.23. The van der Waals surface area contributed by atoms with Gasteiger partial charge in [-0.1, -0.05) is 30.7 Å². The van der Waals surface area contributed by atoms with Crippen LogP contribution in [0.25, 0.3) is 0 Å². The van der Waals surface area contributed by atoms with E-state index >= 15 is 0 Å². The molecule has 1 fully saturated rings. The Balaban J connectivity index is 1.90. The van der Waals surface area contributed by atoms with E-state index in [1.165, 1.54) is 24.8 Å². The normalized spacial score (nSPS) is 17.2. The zero-order valence-corrected chi connectivity index (χ0v) is 11.3. The van der Waals surface area contributed by atoms with Crippen LogP contribution < -0.4 is 0 Å². The maximum atomic E-state index is 12.0. The van der Waals surface area contributed by atoms with Crippen LogP contribution in [0.3, 0.4) is 0 Å². The van der Waals surface area contributed by atoms with Gasteiger partial charge in [0.2, 0.25) is 0 Å². The summed E-state index contributed by atoms with van der Waals surface area (Å²) in [6.45, 7) is 1.99. The molecule has 1 saturated carbocycles. The number of benzene rings is 1. The molecule has 0 heterocycles. The molecule has 98 valence electrons. The highest BCUT2D eigenvalue weighted by Crippen LogP contribution is 2.36. The summed E-state index contributed by atoms with van der Waals surface area (Å²) in [7, 11) is 1.68. The first kappa shape index (κ1) is 13.3. The fourth-order valence-corrected chi connectivity index (χ4v) is 2.28. The van der Waals surface area contributed by atoms with Gasteiger partial charge in [0.1, 0.15) is 0 Å². The first-order valence-electron chi connectivity index (χ1n) is 6.86. The van der Waals surface area contributed by atoms with Crippen LogP contribution in [0.5, 0.6) is 0 Å². The molecule has 1 atom stereocenters.